The van der Waals surface area contributed by atoms with Gasteiger partial charge in [-0.2, -0.15) is 5.26 Å². The van der Waals surface area contributed by atoms with E-state index < -0.39 is 18.5 Å². The molecule has 1 amide bonds. The van der Waals surface area contributed by atoms with Gasteiger partial charge >= 0.3 is 5.97 Å². The van der Waals surface area contributed by atoms with Crippen LogP contribution in [0, 0.1) is 11.3 Å². The van der Waals surface area contributed by atoms with E-state index in [9.17, 15) is 9.59 Å². The van der Waals surface area contributed by atoms with Crippen molar-refractivity contribution in [2.45, 2.75) is 6.42 Å². The van der Waals surface area contributed by atoms with Crippen LogP contribution in [0.25, 0.3) is 6.08 Å². The number of carbonyl (C=O) groups excluding carboxylic acids is 2. The monoisotopic (exact) mass is 412 g/mol. The molecule has 3 rings (SSSR count). The van der Waals surface area contributed by atoms with Crippen molar-refractivity contribution >= 4 is 35.2 Å². The van der Waals surface area contributed by atoms with Gasteiger partial charge in [-0.15, -0.1) is 0 Å². The molecule has 7 nitrogen and oxygen atoms in total. The van der Waals surface area contributed by atoms with Crippen molar-refractivity contribution in [1.82, 2.24) is 0 Å². The Morgan fingerprint density at radius 3 is 2.72 bits per heavy atom. The van der Waals surface area contributed by atoms with E-state index in [0.717, 1.165) is 5.56 Å². The van der Waals surface area contributed by atoms with E-state index in [0.29, 0.717) is 47.4 Å². The molecule has 0 spiro atoms. The molecule has 2 aromatic carbocycles. The third-order valence-electron chi connectivity index (χ3n) is 3.90. The van der Waals surface area contributed by atoms with Gasteiger partial charge in [-0.25, -0.2) is 4.79 Å². The van der Waals surface area contributed by atoms with Gasteiger partial charge in [0.15, 0.2) is 18.1 Å². The third kappa shape index (κ3) is 5.74. The van der Waals surface area contributed by atoms with E-state index in [1.165, 1.54) is 12.2 Å². The number of amides is 1. The minimum absolute atomic E-state index is 0.298. The Bertz CT molecular complexity index is 980. The van der Waals surface area contributed by atoms with Crippen molar-refractivity contribution in [3.8, 4) is 17.6 Å². The summed E-state index contributed by atoms with van der Waals surface area (Å²) in [6.07, 6.45) is 3.01. The molecule has 1 heterocycles. The lowest BCUT2D eigenvalue weighted by atomic mass is 10.1. The molecule has 0 bridgehead atoms. The molecule has 0 aromatic heterocycles. The molecule has 0 saturated heterocycles. The molecular weight excluding hydrogens is 396 g/mol. The fourth-order valence-corrected chi connectivity index (χ4v) is 2.84. The van der Waals surface area contributed by atoms with Crippen molar-refractivity contribution in [2.75, 3.05) is 25.1 Å². The molecule has 29 heavy (non-hydrogen) atoms. The molecule has 0 atom stereocenters. The van der Waals surface area contributed by atoms with Gasteiger partial charge in [0.1, 0.15) is 13.2 Å². The number of hydrogen-bond acceptors (Lipinski definition) is 6. The minimum Gasteiger partial charge on any atom is -0.486 e. The zero-order valence-electron chi connectivity index (χ0n) is 15.3. The standard InChI is InChI=1S/C21H17ClN2O5/c22-17-11-15(12-18-21(17)28-10-9-27-18)3-6-20(26)29-13-19(25)24-16-4-1-14(2-5-16)7-8-23/h1-6,11-12H,7,9-10,13H2,(H,24,25)/b6-3+. The average molecular weight is 413 g/mol. The third-order valence-corrected chi connectivity index (χ3v) is 4.18. The molecule has 1 aliphatic rings. The summed E-state index contributed by atoms with van der Waals surface area (Å²) in [6.45, 7) is 0.431. The largest absolute Gasteiger partial charge is 0.486 e. The number of esters is 1. The van der Waals surface area contributed by atoms with Crippen LogP contribution in [0.4, 0.5) is 5.69 Å². The van der Waals surface area contributed by atoms with Gasteiger partial charge in [-0.3, -0.25) is 4.79 Å². The molecule has 0 radical (unpaired) electrons. The predicted octanol–water partition coefficient (Wildman–Crippen LogP) is 3.37. The van der Waals surface area contributed by atoms with Gasteiger partial charge in [0.25, 0.3) is 5.91 Å². The van der Waals surface area contributed by atoms with Crippen LogP contribution in [0.3, 0.4) is 0 Å². The molecule has 148 valence electrons. The summed E-state index contributed by atoms with van der Waals surface area (Å²) in [5, 5.41) is 11.6. The summed E-state index contributed by atoms with van der Waals surface area (Å²) in [5.41, 5.74) is 2.04. The lowest BCUT2D eigenvalue weighted by molar-refractivity contribution is -0.142. The number of rotatable bonds is 6. The number of fused-ring (bicyclic) bond motifs is 1. The van der Waals surface area contributed by atoms with E-state index in [-0.39, 0.29) is 0 Å². The molecule has 1 aliphatic heterocycles. The van der Waals surface area contributed by atoms with Crippen molar-refractivity contribution in [3.63, 3.8) is 0 Å². The Balaban J connectivity index is 1.50. The normalized spacial score (nSPS) is 12.3. The topological polar surface area (TPSA) is 97.7 Å². The number of nitrogens with zero attached hydrogens (tertiary/aromatic N) is 1. The quantitative estimate of drug-likeness (QED) is 0.577. The van der Waals surface area contributed by atoms with Crippen LogP contribution in [0.1, 0.15) is 11.1 Å². The molecule has 8 heteroatoms. The first kappa shape index (κ1) is 20.2. The minimum atomic E-state index is -0.671. The lowest BCUT2D eigenvalue weighted by Gasteiger charge is -2.19. The molecule has 0 aliphatic carbocycles. The fraction of sp³-hybridized carbons (Fsp3) is 0.190. The van der Waals surface area contributed by atoms with Gasteiger partial charge < -0.3 is 19.5 Å². The number of hydrogen-bond donors (Lipinski definition) is 1. The Labute approximate surface area is 172 Å². The second-order valence-electron chi connectivity index (χ2n) is 6.05. The van der Waals surface area contributed by atoms with Crippen molar-refractivity contribution in [1.29, 1.82) is 5.26 Å². The van der Waals surface area contributed by atoms with Gasteiger partial charge in [0.05, 0.1) is 17.5 Å². The maximum absolute atomic E-state index is 11.9. The van der Waals surface area contributed by atoms with Gasteiger partial charge in [-0.1, -0.05) is 23.7 Å². The Kier molecular flexibility index (Phi) is 6.72. The number of anilines is 1. The summed E-state index contributed by atoms with van der Waals surface area (Å²) in [7, 11) is 0. The average Bonchev–Trinajstić information content (AvgIpc) is 2.72. The molecule has 0 unspecified atom stereocenters. The summed E-state index contributed by atoms with van der Waals surface area (Å²) >= 11 is 6.15. The number of nitrogens with one attached hydrogen (secondary N) is 1. The summed E-state index contributed by atoms with van der Waals surface area (Å²) in [6, 6.07) is 12.2. The maximum atomic E-state index is 11.9. The summed E-state index contributed by atoms with van der Waals surface area (Å²) in [4.78, 5) is 23.7. The molecule has 0 fully saturated rings. The van der Waals surface area contributed by atoms with Crippen LogP contribution in [0.15, 0.2) is 42.5 Å². The van der Waals surface area contributed by atoms with Crippen LogP contribution in [0.2, 0.25) is 5.02 Å². The summed E-state index contributed by atoms with van der Waals surface area (Å²) < 4.78 is 15.8. The van der Waals surface area contributed by atoms with E-state index in [1.807, 2.05) is 6.07 Å². The van der Waals surface area contributed by atoms with Crippen molar-refractivity contribution in [3.05, 3.63) is 58.6 Å². The van der Waals surface area contributed by atoms with Crippen LogP contribution in [0.5, 0.6) is 11.5 Å². The number of benzene rings is 2. The van der Waals surface area contributed by atoms with Gasteiger partial charge in [0.2, 0.25) is 0 Å². The fourth-order valence-electron chi connectivity index (χ4n) is 2.57. The Morgan fingerprint density at radius 1 is 1.21 bits per heavy atom. The summed E-state index contributed by atoms with van der Waals surface area (Å²) in [5.74, 6) is -0.149. The molecule has 0 saturated carbocycles. The first-order valence-electron chi connectivity index (χ1n) is 8.75. The smallest absolute Gasteiger partial charge is 0.331 e. The Hall–Kier alpha value is -3.50. The highest BCUT2D eigenvalue weighted by molar-refractivity contribution is 6.32. The predicted molar refractivity (Wildman–Crippen MR) is 107 cm³/mol. The molecule has 1 N–H and O–H groups in total. The van der Waals surface area contributed by atoms with Crippen LogP contribution in [-0.4, -0.2) is 31.7 Å². The SMILES string of the molecule is N#CCc1ccc(NC(=O)COC(=O)/C=C/c2cc(Cl)c3c(c2)OCCO3)cc1. The van der Waals surface area contributed by atoms with Crippen molar-refractivity contribution < 1.29 is 23.8 Å². The zero-order valence-corrected chi connectivity index (χ0v) is 16.1. The lowest BCUT2D eigenvalue weighted by Crippen LogP contribution is -2.20. The van der Waals surface area contributed by atoms with E-state index >= 15 is 0 Å². The van der Waals surface area contributed by atoms with Crippen LogP contribution >= 0.6 is 11.6 Å². The highest BCUT2D eigenvalue weighted by Gasteiger charge is 2.16. The van der Waals surface area contributed by atoms with Gasteiger partial charge in [0, 0.05) is 11.8 Å². The molecular formula is C21H17ClN2O5. The Morgan fingerprint density at radius 2 is 1.97 bits per heavy atom. The van der Waals surface area contributed by atoms with E-state index in [2.05, 4.69) is 5.32 Å². The number of nitriles is 1. The highest BCUT2D eigenvalue weighted by atomic mass is 35.5. The first-order chi connectivity index (χ1) is 14.0. The second-order valence-corrected chi connectivity index (χ2v) is 6.46. The highest BCUT2D eigenvalue weighted by Crippen LogP contribution is 2.38. The van der Waals surface area contributed by atoms with Crippen molar-refractivity contribution in [2.24, 2.45) is 0 Å². The first-order valence-corrected chi connectivity index (χ1v) is 9.12. The second kappa shape index (κ2) is 9.62. The number of carbonyl (C=O) groups is 2. The van der Waals surface area contributed by atoms with Gasteiger partial charge in [-0.05, 0) is 41.5 Å². The molecule has 2 aromatic rings. The van der Waals surface area contributed by atoms with E-state index in [4.69, 9.17) is 31.1 Å². The zero-order chi connectivity index (χ0) is 20.6. The van der Waals surface area contributed by atoms with E-state index in [1.54, 1.807) is 36.4 Å². The number of ether oxygens (including phenoxy) is 3. The maximum Gasteiger partial charge on any atom is 0.331 e. The van der Waals surface area contributed by atoms with Crippen LogP contribution in [-0.2, 0) is 20.7 Å². The number of halogens is 1. The van der Waals surface area contributed by atoms with Crippen LogP contribution < -0.4 is 14.8 Å².